The maximum atomic E-state index is 12.2. The van der Waals surface area contributed by atoms with E-state index in [1.165, 1.54) is 29.2 Å². The smallest absolute Gasteiger partial charge is 0.387 e. The molecule has 0 radical (unpaired) electrons. The van der Waals surface area contributed by atoms with Crippen LogP contribution in [0, 0.1) is 0 Å². The number of ether oxygens (including phenoxy) is 1. The molecule has 0 fully saturated rings. The van der Waals surface area contributed by atoms with Crippen LogP contribution in [0.4, 0.5) is 8.78 Å². The Hall–Kier alpha value is -1.76. The molecule has 4 nitrogen and oxygen atoms in total. The molecule has 2 N–H and O–H groups in total. The monoisotopic (exact) mass is 302 g/mol. The van der Waals surface area contributed by atoms with Crippen LogP contribution in [0.1, 0.15) is 23.7 Å². The zero-order valence-electron chi connectivity index (χ0n) is 11.2. The summed E-state index contributed by atoms with van der Waals surface area (Å²) in [6.07, 6.45) is 0.394. The van der Waals surface area contributed by atoms with Gasteiger partial charge < -0.3 is 15.4 Å². The molecule has 1 rings (SSSR count). The minimum Gasteiger partial charge on any atom is -0.435 e. The number of carbonyl (C=O) groups is 1. The van der Waals surface area contributed by atoms with E-state index in [1.54, 1.807) is 14.0 Å². The predicted molar refractivity (Wildman–Crippen MR) is 76.0 cm³/mol. The number of thiocarbonyl (C=S) groups is 1. The number of amides is 1. The Kier molecular flexibility index (Phi) is 5.82. The minimum atomic E-state index is -2.92. The van der Waals surface area contributed by atoms with Crippen LogP contribution in [0.2, 0.25) is 0 Å². The summed E-state index contributed by atoms with van der Waals surface area (Å²) in [6, 6.07) is 5.47. The average molecular weight is 302 g/mol. The van der Waals surface area contributed by atoms with E-state index in [2.05, 4.69) is 4.74 Å². The molecule has 1 aromatic carbocycles. The van der Waals surface area contributed by atoms with Gasteiger partial charge in [-0.2, -0.15) is 8.78 Å². The second-order valence-corrected chi connectivity index (χ2v) is 4.87. The Bertz CT molecular complexity index is 497. The Morgan fingerprint density at radius 3 is 2.70 bits per heavy atom. The van der Waals surface area contributed by atoms with Gasteiger partial charge in [0.1, 0.15) is 5.75 Å². The van der Waals surface area contributed by atoms with Gasteiger partial charge in [-0.25, -0.2) is 0 Å². The molecule has 0 aliphatic rings. The summed E-state index contributed by atoms with van der Waals surface area (Å²) >= 11 is 4.80. The summed E-state index contributed by atoms with van der Waals surface area (Å²) < 4.78 is 28.5. The first kappa shape index (κ1) is 16.3. The molecule has 20 heavy (non-hydrogen) atoms. The number of halogens is 2. The van der Waals surface area contributed by atoms with Crippen LogP contribution in [0.15, 0.2) is 24.3 Å². The Morgan fingerprint density at radius 2 is 2.15 bits per heavy atom. The molecule has 0 heterocycles. The van der Waals surface area contributed by atoms with Crippen LogP contribution in [-0.2, 0) is 0 Å². The molecule has 0 bridgehead atoms. The standard InChI is InChI=1S/C13H16F2N2O2S/c1-8(6-11(16)20)17(2)12(18)9-4-3-5-10(7-9)19-13(14)15/h3-5,7-8,13H,6H2,1-2H3,(H2,16,20). The number of hydrogen-bond acceptors (Lipinski definition) is 3. The molecule has 0 saturated heterocycles. The average Bonchev–Trinajstić information content (AvgIpc) is 2.35. The van der Waals surface area contributed by atoms with Crippen molar-refractivity contribution in [3.8, 4) is 5.75 Å². The molecule has 0 saturated carbocycles. The number of alkyl halides is 2. The van der Waals surface area contributed by atoms with Crippen LogP contribution in [0.5, 0.6) is 5.75 Å². The molecule has 0 aromatic heterocycles. The van der Waals surface area contributed by atoms with Gasteiger partial charge in [0.25, 0.3) is 5.91 Å². The first-order chi connectivity index (χ1) is 9.31. The third kappa shape index (κ3) is 4.73. The molecule has 0 aliphatic heterocycles. The minimum absolute atomic E-state index is 0.0544. The summed E-state index contributed by atoms with van der Waals surface area (Å²) in [7, 11) is 1.60. The van der Waals surface area contributed by atoms with Crippen molar-refractivity contribution in [3.63, 3.8) is 0 Å². The van der Waals surface area contributed by atoms with Crippen molar-refractivity contribution in [2.45, 2.75) is 26.0 Å². The summed E-state index contributed by atoms with van der Waals surface area (Å²) in [6.45, 7) is -1.12. The van der Waals surface area contributed by atoms with E-state index in [0.29, 0.717) is 11.4 Å². The van der Waals surface area contributed by atoms with Gasteiger partial charge in [-0.3, -0.25) is 4.79 Å². The third-order valence-corrected chi connectivity index (χ3v) is 2.95. The predicted octanol–water partition coefficient (Wildman–Crippen LogP) is 2.42. The van der Waals surface area contributed by atoms with Gasteiger partial charge >= 0.3 is 6.61 Å². The van der Waals surface area contributed by atoms with E-state index < -0.39 is 6.61 Å². The van der Waals surface area contributed by atoms with Crippen LogP contribution in [-0.4, -0.2) is 35.5 Å². The fourth-order valence-electron chi connectivity index (χ4n) is 1.64. The van der Waals surface area contributed by atoms with Gasteiger partial charge in [0.05, 0.1) is 4.99 Å². The molecule has 0 spiro atoms. The highest BCUT2D eigenvalue weighted by Crippen LogP contribution is 2.18. The lowest BCUT2D eigenvalue weighted by Gasteiger charge is -2.24. The highest BCUT2D eigenvalue weighted by molar-refractivity contribution is 7.80. The third-order valence-electron chi connectivity index (χ3n) is 2.78. The van der Waals surface area contributed by atoms with Crippen molar-refractivity contribution in [1.29, 1.82) is 0 Å². The maximum Gasteiger partial charge on any atom is 0.387 e. The molecule has 110 valence electrons. The van der Waals surface area contributed by atoms with Gasteiger partial charge in [0.2, 0.25) is 0 Å². The maximum absolute atomic E-state index is 12.2. The summed E-state index contributed by atoms with van der Waals surface area (Å²) in [5, 5.41) is 0. The lowest BCUT2D eigenvalue weighted by atomic mass is 10.1. The largest absolute Gasteiger partial charge is 0.435 e. The molecule has 1 atom stereocenters. The van der Waals surface area contributed by atoms with E-state index in [4.69, 9.17) is 18.0 Å². The zero-order chi connectivity index (χ0) is 15.3. The summed E-state index contributed by atoms with van der Waals surface area (Å²) in [4.78, 5) is 14.0. The molecule has 7 heteroatoms. The quantitative estimate of drug-likeness (QED) is 0.820. The fourth-order valence-corrected chi connectivity index (χ4v) is 1.88. The second kappa shape index (κ2) is 7.14. The van der Waals surface area contributed by atoms with Crippen LogP contribution >= 0.6 is 12.2 Å². The van der Waals surface area contributed by atoms with Crippen LogP contribution in [0.25, 0.3) is 0 Å². The molecule has 1 amide bonds. The lowest BCUT2D eigenvalue weighted by Crippen LogP contribution is -2.37. The van der Waals surface area contributed by atoms with E-state index in [9.17, 15) is 13.6 Å². The number of nitrogens with two attached hydrogens (primary N) is 1. The number of benzene rings is 1. The Morgan fingerprint density at radius 1 is 1.50 bits per heavy atom. The second-order valence-electron chi connectivity index (χ2n) is 4.34. The zero-order valence-corrected chi connectivity index (χ0v) is 12.0. The molecule has 1 unspecified atom stereocenters. The van der Waals surface area contributed by atoms with Gasteiger partial charge in [0.15, 0.2) is 0 Å². The topological polar surface area (TPSA) is 55.6 Å². The van der Waals surface area contributed by atoms with E-state index in [1.807, 2.05) is 0 Å². The van der Waals surface area contributed by atoms with Crippen molar-refractivity contribution in [1.82, 2.24) is 4.90 Å². The van der Waals surface area contributed by atoms with E-state index in [0.717, 1.165) is 0 Å². The number of carbonyl (C=O) groups excluding carboxylic acids is 1. The van der Waals surface area contributed by atoms with Crippen molar-refractivity contribution >= 4 is 23.1 Å². The van der Waals surface area contributed by atoms with Crippen molar-refractivity contribution in [2.24, 2.45) is 5.73 Å². The Labute approximate surface area is 121 Å². The Balaban J connectivity index is 2.83. The van der Waals surface area contributed by atoms with E-state index in [-0.39, 0.29) is 23.3 Å². The van der Waals surface area contributed by atoms with Gasteiger partial charge in [-0.05, 0) is 25.1 Å². The first-order valence-corrected chi connectivity index (χ1v) is 6.32. The fraction of sp³-hybridized carbons (Fsp3) is 0.385. The van der Waals surface area contributed by atoms with Crippen molar-refractivity contribution in [3.05, 3.63) is 29.8 Å². The summed E-state index contributed by atoms with van der Waals surface area (Å²) in [5.41, 5.74) is 5.70. The molecule has 1 aromatic rings. The van der Waals surface area contributed by atoms with Crippen molar-refractivity contribution < 1.29 is 18.3 Å². The number of hydrogen-bond donors (Lipinski definition) is 1. The summed E-state index contributed by atoms with van der Waals surface area (Å²) in [5.74, 6) is -0.366. The normalized spacial score (nSPS) is 12.1. The van der Waals surface area contributed by atoms with Gasteiger partial charge in [0, 0.05) is 25.1 Å². The molecular formula is C13H16F2N2O2S. The lowest BCUT2D eigenvalue weighted by molar-refractivity contribution is -0.0499. The number of nitrogens with zero attached hydrogens (tertiary/aromatic N) is 1. The van der Waals surface area contributed by atoms with Gasteiger partial charge in [-0.15, -0.1) is 0 Å². The van der Waals surface area contributed by atoms with Gasteiger partial charge in [-0.1, -0.05) is 18.3 Å². The van der Waals surface area contributed by atoms with E-state index >= 15 is 0 Å². The molecule has 0 aliphatic carbocycles. The van der Waals surface area contributed by atoms with Crippen molar-refractivity contribution in [2.75, 3.05) is 7.05 Å². The first-order valence-electron chi connectivity index (χ1n) is 5.91. The highest BCUT2D eigenvalue weighted by atomic mass is 32.1. The highest BCUT2D eigenvalue weighted by Gasteiger charge is 2.18. The van der Waals surface area contributed by atoms with Crippen LogP contribution in [0.3, 0.4) is 0 Å². The molecular weight excluding hydrogens is 286 g/mol. The van der Waals surface area contributed by atoms with Crippen LogP contribution < -0.4 is 10.5 Å². The SMILES string of the molecule is CC(CC(N)=S)N(C)C(=O)c1cccc(OC(F)F)c1. The number of rotatable bonds is 6.